The molecule has 0 aromatic rings. The minimum absolute atomic E-state index is 0.439. The van der Waals surface area contributed by atoms with Gasteiger partial charge in [0, 0.05) is 42.7 Å². The van der Waals surface area contributed by atoms with E-state index in [9.17, 15) is 8.42 Å². The summed E-state index contributed by atoms with van der Waals surface area (Å²) in [4.78, 5) is 0. The van der Waals surface area contributed by atoms with Gasteiger partial charge in [-0.25, -0.2) is 8.39 Å². The van der Waals surface area contributed by atoms with Crippen molar-refractivity contribution in [1.29, 1.82) is 0 Å². The van der Waals surface area contributed by atoms with Crippen LogP contribution in [0.2, 0.25) is 0 Å². The summed E-state index contributed by atoms with van der Waals surface area (Å²) in [5, 5.41) is 0. The van der Waals surface area contributed by atoms with Crippen LogP contribution in [0.5, 0.6) is 0 Å². The first kappa shape index (κ1) is 22.6. The monoisotopic (exact) mass is 398 g/mol. The summed E-state index contributed by atoms with van der Waals surface area (Å²) in [6.07, 6.45) is 0. The summed E-state index contributed by atoms with van der Waals surface area (Å²) in [5.74, 6) is 0. The van der Waals surface area contributed by atoms with Crippen molar-refractivity contribution < 1.29 is 29.8 Å². The Morgan fingerprint density at radius 2 is 1.31 bits per heavy atom. The molecule has 0 saturated heterocycles. The SMILES string of the molecule is O=S(=O)(Cl)OCCl.O=S(=O)(O)Cl.O=S(Cl)Cl. The van der Waals surface area contributed by atoms with E-state index in [4.69, 9.17) is 28.8 Å². The van der Waals surface area contributed by atoms with Crippen molar-refractivity contribution in [2.45, 2.75) is 0 Å². The van der Waals surface area contributed by atoms with Gasteiger partial charge in [0.15, 0.2) is 0 Å². The zero-order valence-electron chi connectivity index (χ0n) is 6.72. The van der Waals surface area contributed by atoms with Crippen LogP contribution in [0.4, 0.5) is 0 Å². The van der Waals surface area contributed by atoms with Crippen molar-refractivity contribution in [2.24, 2.45) is 0 Å². The molecule has 0 fully saturated rings. The Kier molecular flexibility index (Phi) is 16.2. The number of rotatable bonds is 2. The Labute approximate surface area is 117 Å². The first-order valence-corrected chi connectivity index (χ1v) is 10.2. The number of halogens is 5. The van der Waals surface area contributed by atoms with E-state index in [0.29, 0.717) is 0 Å². The summed E-state index contributed by atoms with van der Waals surface area (Å²) in [5.41, 5.74) is 0. The summed E-state index contributed by atoms with van der Waals surface area (Å²) in [7, 11) is 7.89. The van der Waals surface area contributed by atoms with Gasteiger partial charge in [0.05, 0.1) is 0 Å². The van der Waals surface area contributed by atoms with Crippen LogP contribution in [0.1, 0.15) is 0 Å². The normalized spacial score (nSPS) is 10.9. The molecule has 0 rings (SSSR count). The Morgan fingerprint density at radius 1 is 1.12 bits per heavy atom. The summed E-state index contributed by atoms with van der Waals surface area (Å²) in [6, 6.07) is -0.439. The molecule has 0 bridgehead atoms. The van der Waals surface area contributed by atoms with Crippen LogP contribution in [-0.2, 0) is 32.1 Å². The molecular weight excluding hydrogens is 397 g/mol. The third-order valence-corrected chi connectivity index (χ3v) is 1.09. The quantitative estimate of drug-likeness (QED) is 0.426. The van der Waals surface area contributed by atoms with Crippen molar-refractivity contribution >= 4 is 82.2 Å². The highest BCUT2D eigenvalue weighted by Gasteiger charge is 2.00. The lowest BCUT2D eigenvalue weighted by Crippen LogP contribution is -1.92. The molecule has 0 heterocycles. The first-order chi connectivity index (χ1) is 6.79. The fraction of sp³-hybridized carbons (Fsp3) is 1.00. The van der Waals surface area contributed by atoms with E-state index < -0.39 is 34.0 Å². The predicted molar refractivity (Wildman–Crippen MR) is 63.8 cm³/mol. The highest BCUT2D eigenvalue weighted by Crippen LogP contribution is 1.97. The van der Waals surface area contributed by atoms with Gasteiger partial charge in [0.2, 0.25) is 9.23 Å². The van der Waals surface area contributed by atoms with Crippen LogP contribution in [0, 0.1) is 0 Å². The van der Waals surface area contributed by atoms with Crippen LogP contribution in [0.25, 0.3) is 0 Å². The fourth-order valence-corrected chi connectivity index (χ4v) is 0.782. The minimum Gasteiger partial charge on any atom is -0.273 e. The van der Waals surface area contributed by atoms with Gasteiger partial charge in [0.1, 0.15) is 6.07 Å². The molecule has 0 aromatic carbocycles. The molecule has 0 amide bonds. The van der Waals surface area contributed by atoms with Gasteiger partial charge in [-0.05, 0) is 0 Å². The lowest BCUT2D eigenvalue weighted by Gasteiger charge is -1.86. The van der Waals surface area contributed by atoms with Gasteiger partial charge in [-0.3, -0.25) is 4.55 Å². The van der Waals surface area contributed by atoms with E-state index in [1.54, 1.807) is 0 Å². The lowest BCUT2D eigenvalue weighted by molar-refractivity contribution is 0.390. The zero-order valence-corrected chi connectivity index (χ0v) is 12.9. The maximum absolute atomic E-state index is 9.69. The van der Waals surface area contributed by atoms with Crippen molar-refractivity contribution in [3.63, 3.8) is 0 Å². The molecule has 0 aromatic heterocycles. The Balaban J connectivity index is -0.000000166. The standard InChI is InChI=1S/CH2Cl2O3S.Cl2OS.ClHO3S/c2-1-6-7(3,4)5;1-4(2)3;1-5(2,3)4/h1H2;;(H,2,3,4). The van der Waals surface area contributed by atoms with Gasteiger partial charge in [-0.1, -0.05) is 11.6 Å². The molecule has 0 aliphatic rings. The highest BCUT2D eigenvalue weighted by atomic mass is 36.0. The number of hydrogen-bond acceptors (Lipinski definition) is 6. The zero-order chi connectivity index (χ0) is 14.0. The van der Waals surface area contributed by atoms with E-state index >= 15 is 0 Å². The van der Waals surface area contributed by atoms with E-state index in [-0.39, 0.29) is 0 Å². The molecule has 0 atom stereocenters. The topological polar surface area (TPSA) is 115 Å². The summed E-state index contributed by atoms with van der Waals surface area (Å²) in [6.45, 7) is 0. The van der Waals surface area contributed by atoms with Crippen LogP contribution >= 0.6 is 54.3 Å². The second kappa shape index (κ2) is 11.5. The molecular formula is CH3Cl5O7S3. The largest absolute Gasteiger partial charge is 0.356 e. The second-order valence-corrected chi connectivity index (χ2v) is 8.11. The number of alkyl halides is 1. The molecule has 0 aliphatic heterocycles. The van der Waals surface area contributed by atoms with Crippen molar-refractivity contribution in [3.05, 3.63) is 0 Å². The molecule has 0 aliphatic carbocycles. The molecule has 7 nitrogen and oxygen atoms in total. The maximum atomic E-state index is 9.69. The number of hydrogen-bond donors (Lipinski definition) is 1. The fourth-order valence-electron chi connectivity index (χ4n) is 0.0532. The minimum atomic E-state index is -4.19. The Bertz CT molecular complexity index is 359. The van der Waals surface area contributed by atoms with Crippen LogP contribution in [0.3, 0.4) is 0 Å². The van der Waals surface area contributed by atoms with Crippen molar-refractivity contribution in [2.75, 3.05) is 6.07 Å². The van der Waals surface area contributed by atoms with Gasteiger partial charge in [-0.15, -0.1) is 0 Å². The van der Waals surface area contributed by atoms with Crippen LogP contribution in [0.15, 0.2) is 0 Å². The van der Waals surface area contributed by atoms with Gasteiger partial charge < -0.3 is 0 Å². The smallest absolute Gasteiger partial charge is 0.273 e. The van der Waals surface area contributed by atoms with Crippen LogP contribution in [-0.4, -0.2) is 31.7 Å². The highest BCUT2D eigenvalue weighted by molar-refractivity contribution is 8.26. The molecule has 16 heavy (non-hydrogen) atoms. The van der Waals surface area contributed by atoms with Gasteiger partial charge in [0.25, 0.3) is 0 Å². The first-order valence-electron chi connectivity index (χ1n) is 2.36. The molecule has 0 saturated carbocycles. The molecule has 0 spiro atoms. The van der Waals surface area contributed by atoms with Crippen molar-refractivity contribution in [3.8, 4) is 0 Å². The van der Waals surface area contributed by atoms with Gasteiger partial charge in [-0.2, -0.15) is 16.8 Å². The Hall–Kier alpha value is 1.42. The maximum Gasteiger partial charge on any atom is 0.356 e. The molecule has 0 radical (unpaired) electrons. The van der Waals surface area contributed by atoms with Gasteiger partial charge >= 0.3 is 18.7 Å². The van der Waals surface area contributed by atoms with Crippen molar-refractivity contribution in [1.82, 2.24) is 0 Å². The van der Waals surface area contributed by atoms with E-state index in [1.165, 1.54) is 0 Å². The average molecular weight is 400 g/mol. The summed E-state index contributed by atoms with van der Waals surface area (Å²) < 4.78 is 57.4. The summed E-state index contributed by atoms with van der Waals surface area (Å²) >= 11 is 4.80. The Morgan fingerprint density at radius 3 is 1.31 bits per heavy atom. The second-order valence-electron chi connectivity index (χ2n) is 1.22. The molecule has 102 valence electrons. The average Bonchev–Trinajstić information content (AvgIpc) is 1.76. The molecule has 15 heteroatoms. The third-order valence-electron chi connectivity index (χ3n) is 0.185. The van der Waals surface area contributed by atoms with E-state index in [1.807, 2.05) is 0 Å². The van der Waals surface area contributed by atoms with E-state index in [0.717, 1.165) is 0 Å². The van der Waals surface area contributed by atoms with Crippen LogP contribution < -0.4 is 0 Å². The molecule has 1 N–H and O–H groups in total. The third kappa shape index (κ3) is 109. The predicted octanol–water partition coefficient (Wildman–Crippen LogP) is 1.75. The molecule has 0 unspecified atom stereocenters. The van der Waals surface area contributed by atoms with E-state index in [2.05, 4.69) is 46.9 Å². The lowest BCUT2D eigenvalue weighted by atomic mass is 11.7.